The van der Waals surface area contributed by atoms with Crippen LogP contribution in [-0.4, -0.2) is 58.2 Å². The van der Waals surface area contributed by atoms with Crippen molar-refractivity contribution in [2.24, 2.45) is 0 Å². The molecule has 4 nitrogen and oxygen atoms in total. The van der Waals surface area contributed by atoms with Crippen molar-refractivity contribution in [2.45, 2.75) is 24.7 Å². The van der Waals surface area contributed by atoms with Gasteiger partial charge in [-0.2, -0.15) is 0 Å². The van der Waals surface area contributed by atoms with E-state index in [0.29, 0.717) is 23.6 Å². The van der Waals surface area contributed by atoms with E-state index in [9.17, 15) is 19.7 Å². The van der Waals surface area contributed by atoms with Crippen molar-refractivity contribution < 1.29 is 19.7 Å². The molecule has 1 fully saturated rings. The number of aliphatic hydroxyl groups is 3. The molecule has 1 aliphatic heterocycles. The molecular formula is C13H17ClFNO3. The summed E-state index contributed by atoms with van der Waals surface area (Å²) in [5.41, 5.74) is 0.541. The van der Waals surface area contributed by atoms with Crippen molar-refractivity contribution in [3.63, 3.8) is 0 Å². The van der Waals surface area contributed by atoms with Crippen molar-refractivity contribution in [3.05, 3.63) is 34.6 Å². The first-order valence-corrected chi connectivity index (χ1v) is 6.55. The minimum absolute atomic E-state index is 0.271. The van der Waals surface area contributed by atoms with E-state index in [-0.39, 0.29) is 18.9 Å². The minimum Gasteiger partial charge on any atom is -0.389 e. The van der Waals surface area contributed by atoms with Gasteiger partial charge in [-0.15, -0.1) is 0 Å². The Hall–Kier alpha value is -0.720. The zero-order valence-corrected chi connectivity index (χ0v) is 11.1. The number of likely N-dealkylation sites (tertiary alicyclic amines) is 1. The van der Waals surface area contributed by atoms with E-state index in [1.807, 2.05) is 0 Å². The van der Waals surface area contributed by atoms with Crippen LogP contribution in [0.3, 0.4) is 0 Å². The smallest absolute Gasteiger partial charge is 0.127 e. The van der Waals surface area contributed by atoms with Crippen LogP contribution in [0.15, 0.2) is 18.2 Å². The Bertz CT molecular complexity index is 434. The van der Waals surface area contributed by atoms with E-state index >= 15 is 0 Å². The van der Waals surface area contributed by atoms with Crippen molar-refractivity contribution in [2.75, 3.05) is 19.6 Å². The number of hydrogen-bond donors (Lipinski definition) is 3. The molecule has 0 aromatic heterocycles. The predicted octanol–water partition coefficient (Wildman–Crippen LogP) is 0.420. The summed E-state index contributed by atoms with van der Waals surface area (Å²) in [5.74, 6) is -0.356. The average Bonchev–Trinajstić information content (AvgIpc) is 2.34. The third kappa shape index (κ3) is 3.64. The topological polar surface area (TPSA) is 63.9 Å². The Labute approximate surface area is 116 Å². The molecule has 0 radical (unpaired) electrons. The molecule has 3 atom stereocenters. The normalized spacial score (nSPS) is 28.6. The Balaban J connectivity index is 1.92. The summed E-state index contributed by atoms with van der Waals surface area (Å²) < 4.78 is 13.6. The quantitative estimate of drug-likeness (QED) is 0.755. The molecular weight excluding hydrogens is 273 g/mol. The monoisotopic (exact) mass is 289 g/mol. The molecule has 0 amide bonds. The van der Waals surface area contributed by atoms with Crippen LogP contribution in [0, 0.1) is 5.82 Å². The van der Waals surface area contributed by atoms with Gasteiger partial charge in [0, 0.05) is 24.7 Å². The molecule has 106 valence electrons. The number of aliphatic hydroxyl groups excluding tert-OH is 3. The second-order valence-electron chi connectivity index (χ2n) is 4.87. The summed E-state index contributed by atoms with van der Waals surface area (Å²) >= 11 is 5.68. The molecule has 1 saturated heterocycles. The number of β-amino-alcohol motifs (C(OH)–C–C–N with tert-alkyl or cyclic N) is 2. The fourth-order valence-electron chi connectivity index (χ4n) is 2.26. The van der Waals surface area contributed by atoms with Crippen LogP contribution < -0.4 is 0 Å². The lowest BCUT2D eigenvalue weighted by atomic mass is 10.0. The Morgan fingerprint density at radius 2 is 1.84 bits per heavy atom. The van der Waals surface area contributed by atoms with Crippen LogP contribution in [0.2, 0.25) is 5.02 Å². The molecule has 0 spiro atoms. The molecule has 19 heavy (non-hydrogen) atoms. The molecule has 3 N–H and O–H groups in total. The number of hydrogen-bond acceptors (Lipinski definition) is 4. The molecule has 1 aliphatic rings. The van der Waals surface area contributed by atoms with E-state index in [2.05, 4.69) is 0 Å². The highest BCUT2D eigenvalue weighted by Crippen LogP contribution is 2.17. The van der Waals surface area contributed by atoms with E-state index in [1.165, 1.54) is 6.07 Å². The van der Waals surface area contributed by atoms with Gasteiger partial charge in [0.1, 0.15) is 11.9 Å². The summed E-state index contributed by atoms with van der Waals surface area (Å²) in [4.78, 5) is 1.80. The molecule has 0 bridgehead atoms. The molecule has 1 heterocycles. The summed E-state index contributed by atoms with van der Waals surface area (Å²) in [6.45, 7) is 1.04. The molecule has 0 aliphatic carbocycles. The van der Waals surface area contributed by atoms with Crippen LogP contribution in [0.4, 0.5) is 4.39 Å². The van der Waals surface area contributed by atoms with Gasteiger partial charge in [0.05, 0.1) is 12.2 Å². The van der Waals surface area contributed by atoms with Gasteiger partial charge in [0.2, 0.25) is 0 Å². The number of piperidine rings is 1. The SMILES string of the molecule is OC1[C@H](O)CN(CCc2ccc(Cl)cc2F)C[C@@H]1O. The molecule has 6 heteroatoms. The van der Waals surface area contributed by atoms with Crippen molar-refractivity contribution in [3.8, 4) is 0 Å². The summed E-state index contributed by atoms with van der Waals surface area (Å²) in [6, 6.07) is 4.52. The summed E-state index contributed by atoms with van der Waals surface area (Å²) in [6.07, 6.45) is -2.60. The highest BCUT2D eigenvalue weighted by Gasteiger charge is 2.32. The first-order valence-electron chi connectivity index (χ1n) is 6.18. The van der Waals surface area contributed by atoms with Crippen molar-refractivity contribution in [1.29, 1.82) is 0 Å². The van der Waals surface area contributed by atoms with Gasteiger partial charge in [0.25, 0.3) is 0 Å². The molecule has 1 unspecified atom stereocenters. The van der Waals surface area contributed by atoms with Gasteiger partial charge >= 0.3 is 0 Å². The van der Waals surface area contributed by atoms with Crippen LogP contribution in [0.5, 0.6) is 0 Å². The lowest BCUT2D eigenvalue weighted by molar-refractivity contribution is -0.109. The van der Waals surface area contributed by atoms with Crippen LogP contribution in [-0.2, 0) is 6.42 Å². The van der Waals surface area contributed by atoms with Crippen molar-refractivity contribution >= 4 is 11.6 Å². The highest BCUT2D eigenvalue weighted by atomic mass is 35.5. The van der Waals surface area contributed by atoms with Crippen LogP contribution in [0.25, 0.3) is 0 Å². The largest absolute Gasteiger partial charge is 0.389 e. The third-order valence-electron chi connectivity index (χ3n) is 3.39. The zero-order valence-electron chi connectivity index (χ0n) is 10.3. The predicted molar refractivity (Wildman–Crippen MR) is 69.6 cm³/mol. The van der Waals surface area contributed by atoms with Gasteiger partial charge < -0.3 is 15.3 Å². The van der Waals surface area contributed by atoms with Gasteiger partial charge in [-0.25, -0.2) is 4.39 Å². The molecule has 1 aromatic rings. The maximum Gasteiger partial charge on any atom is 0.127 e. The zero-order chi connectivity index (χ0) is 14.0. The maximum atomic E-state index is 13.6. The average molecular weight is 290 g/mol. The molecule has 0 saturated carbocycles. The first-order chi connectivity index (χ1) is 8.97. The summed E-state index contributed by atoms with van der Waals surface area (Å²) in [5, 5.41) is 28.9. The Kier molecular flexibility index (Phi) is 4.76. The number of rotatable bonds is 3. The summed E-state index contributed by atoms with van der Waals surface area (Å²) in [7, 11) is 0. The molecule has 2 rings (SSSR count). The van der Waals surface area contributed by atoms with Crippen molar-refractivity contribution in [1.82, 2.24) is 4.90 Å². The lowest BCUT2D eigenvalue weighted by Gasteiger charge is -2.36. The van der Waals surface area contributed by atoms with Gasteiger partial charge in [-0.1, -0.05) is 17.7 Å². The maximum absolute atomic E-state index is 13.6. The first kappa shape index (κ1) is 14.7. The number of benzene rings is 1. The fourth-order valence-corrected chi connectivity index (χ4v) is 2.42. The Morgan fingerprint density at radius 3 is 2.42 bits per heavy atom. The number of halogens is 2. The van der Waals surface area contributed by atoms with Gasteiger partial charge in [-0.3, -0.25) is 4.90 Å². The fraction of sp³-hybridized carbons (Fsp3) is 0.538. The van der Waals surface area contributed by atoms with Crippen LogP contribution in [0.1, 0.15) is 5.56 Å². The van der Waals surface area contributed by atoms with Gasteiger partial charge in [0.15, 0.2) is 0 Å². The minimum atomic E-state index is -1.11. The van der Waals surface area contributed by atoms with E-state index in [0.717, 1.165) is 0 Å². The van der Waals surface area contributed by atoms with Crippen LogP contribution >= 0.6 is 11.6 Å². The van der Waals surface area contributed by atoms with E-state index < -0.39 is 18.3 Å². The second kappa shape index (κ2) is 6.15. The second-order valence-corrected chi connectivity index (χ2v) is 5.31. The number of nitrogens with zero attached hydrogens (tertiary/aromatic N) is 1. The van der Waals surface area contributed by atoms with E-state index in [1.54, 1.807) is 17.0 Å². The third-order valence-corrected chi connectivity index (χ3v) is 3.63. The Morgan fingerprint density at radius 1 is 1.21 bits per heavy atom. The lowest BCUT2D eigenvalue weighted by Crippen LogP contribution is -2.55. The van der Waals surface area contributed by atoms with E-state index in [4.69, 9.17) is 11.6 Å². The highest BCUT2D eigenvalue weighted by molar-refractivity contribution is 6.30. The molecule has 1 aromatic carbocycles. The van der Waals surface area contributed by atoms with Gasteiger partial charge in [-0.05, 0) is 24.1 Å². The standard InChI is InChI=1S/C13H17ClFNO3/c14-9-2-1-8(10(15)5-9)3-4-16-6-11(17)13(19)12(18)7-16/h1-2,5,11-13,17-19H,3-4,6-7H2/t11-,12+,13?.